The zero-order valence-electron chi connectivity index (χ0n) is 9.27. The topological polar surface area (TPSA) is 37.3 Å². The molecule has 0 saturated carbocycles. The zero-order chi connectivity index (χ0) is 12.4. The fraction of sp³-hybridized carbons (Fsp3) is 0.0714. The van der Waals surface area contributed by atoms with Crippen LogP contribution in [0, 0.1) is 6.92 Å². The lowest BCUT2D eigenvalue weighted by atomic mass is 9.97. The Hall–Kier alpha value is -1.80. The van der Waals surface area contributed by atoms with E-state index in [-0.39, 0.29) is 10.6 Å². The summed E-state index contributed by atoms with van der Waals surface area (Å²) in [5.74, 6) is -1.01. The molecule has 0 aromatic heterocycles. The Balaban J connectivity index is 2.72. The van der Waals surface area contributed by atoms with Crippen LogP contribution in [0.3, 0.4) is 0 Å². The highest BCUT2D eigenvalue weighted by molar-refractivity contribution is 6.34. The van der Waals surface area contributed by atoms with Crippen molar-refractivity contribution in [1.29, 1.82) is 0 Å². The molecule has 0 aliphatic carbocycles. The van der Waals surface area contributed by atoms with Crippen molar-refractivity contribution >= 4 is 17.6 Å². The maximum Gasteiger partial charge on any atom is 0.337 e. The first-order chi connectivity index (χ1) is 8.09. The molecule has 2 aromatic carbocycles. The summed E-state index contributed by atoms with van der Waals surface area (Å²) in [5, 5.41) is 9.49. The van der Waals surface area contributed by atoms with Crippen molar-refractivity contribution in [3.05, 3.63) is 58.6 Å². The largest absolute Gasteiger partial charge is 0.478 e. The number of hydrogen-bond acceptors (Lipinski definition) is 1. The monoisotopic (exact) mass is 246 g/mol. The molecule has 0 spiro atoms. The highest BCUT2D eigenvalue weighted by Gasteiger charge is 2.16. The number of hydrogen-bond donors (Lipinski definition) is 1. The van der Waals surface area contributed by atoms with Gasteiger partial charge in [0.2, 0.25) is 0 Å². The molecule has 2 nitrogen and oxygen atoms in total. The summed E-state index contributed by atoms with van der Waals surface area (Å²) >= 11 is 6.00. The average Bonchev–Trinajstić information content (AvgIpc) is 2.28. The standard InChI is InChI=1S/C14H11ClO2/c1-9-7-11(10-5-3-2-4-6-10)13(14(16)17)12(15)8-9/h2-8H,1H3,(H,16,17). The van der Waals surface area contributed by atoms with Crippen LogP contribution in [0.4, 0.5) is 0 Å². The van der Waals surface area contributed by atoms with E-state index in [9.17, 15) is 9.90 Å². The summed E-state index contributed by atoms with van der Waals surface area (Å²) in [7, 11) is 0. The molecule has 2 rings (SSSR count). The van der Waals surface area contributed by atoms with Crippen LogP contribution < -0.4 is 0 Å². The number of carboxylic acid groups (broad SMARTS) is 1. The van der Waals surface area contributed by atoms with E-state index in [4.69, 9.17) is 11.6 Å². The minimum Gasteiger partial charge on any atom is -0.478 e. The van der Waals surface area contributed by atoms with Crippen LogP contribution in [0.15, 0.2) is 42.5 Å². The van der Waals surface area contributed by atoms with E-state index in [0.29, 0.717) is 5.56 Å². The Bertz CT molecular complexity index is 562. The Kier molecular flexibility index (Phi) is 3.16. The van der Waals surface area contributed by atoms with Crippen LogP contribution in [-0.4, -0.2) is 11.1 Å². The number of aryl methyl sites for hydroxylation is 1. The van der Waals surface area contributed by atoms with Crippen LogP contribution in [0.5, 0.6) is 0 Å². The van der Waals surface area contributed by atoms with Gasteiger partial charge in [-0.15, -0.1) is 0 Å². The summed E-state index contributed by atoms with van der Waals surface area (Å²) in [6.45, 7) is 1.89. The fourth-order valence-corrected chi connectivity index (χ4v) is 2.16. The van der Waals surface area contributed by atoms with E-state index in [2.05, 4.69) is 0 Å². The summed E-state index contributed by atoms with van der Waals surface area (Å²) in [4.78, 5) is 11.2. The number of benzene rings is 2. The van der Waals surface area contributed by atoms with Crippen molar-refractivity contribution in [2.75, 3.05) is 0 Å². The molecule has 0 radical (unpaired) electrons. The van der Waals surface area contributed by atoms with E-state index in [1.807, 2.05) is 43.3 Å². The van der Waals surface area contributed by atoms with E-state index >= 15 is 0 Å². The van der Waals surface area contributed by atoms with Gasteiger partial charge in [0.05, 0.1) is 10.6 Å². The molecule has 0 aliphatic rings. The second-order valence-electron chi connectivity index (χ2n) is 3.84. The fourth-order valence-electron chi connectivity index (χ4n) is 1.80. The van der Waals surface area contributed by atoms with Crippen LogP contribution in [0.2, 0.25) is 5.02 Å². The van der Waals surface area contributed by atoms with Gasteiger partial charge in [-0.25, -0.2) is 4.79 Å². The Morgan fingerprint density at radius 1 is 1.18 bits per heavy atom. The first kappa shape index (κ1) is 11.7. The minimum absolute atomic E-state index is 0.156. The molecular formula is C14H11ClO2. The second-order valence-corrected chi connectivity index (χ2v) is 4.25. The SMILES string of the molecule is Cc1cc(Cl)c(C(=O)O)c(-c2ccccc2)c1. The number of carbonyl (C=O) groups is 1. The molecule has 3 heteroatoms. The molecule has 17 heavy (non-hydrogen) atoms. The predicted octanol–water partition coefficient (Wildman–Crippen LogP) is 4.01. The van der Waals surface area contributed by atoms with Gasteiger partial charge >= 0.3 is 5.97 Å². The third-order valence-corrected chi connectivity index (χ3v) is 2.83. The summed E-state index contributed by atoms with van der Waals surface area (Å²) in [6, 6.07) is 12.9. The highest BCUT2D eigenvalue weighted by atomic mass is 35.5. The van der Waals surface area contributed by atoms with Crippen LogP contribution >= 0.6 is 11.6 Å². The van der Waals surface area contributed by atoms with E-state index < -0.39 is 5.97 Å². The van der Waals surface area contributed by atoms with Crippen molar-refractivity contribution in [3.63, 3.8) is 0 Å². The summed E-state index contributed by atoms with van der Waals surface area (Å²) < 4.78 is 0. The molecule has 0 fully saturated rings. The molecule has 2 aromatic rings. The van der Waals surface area contributed by atoms with Crippen LogP contribution in [0.25, 0.3) is 11.1 Å². The first-order valence-electron chi connectivity index (χ1n) is 5.18. The lowest BCUT2D eigenvalue weighted by Gasteiger charge is -2.09. The maximum atomic E-state index is 11.2. The smallest absolute Gasteiger partial charge is 0.337 e. The molecule has 86 valence electrons. The third-order valence-electron chi connectivity index (χ3n) is 2.53. The molecule has 1 N–H and O–H groups in total. The van der Waals surface area contributed by atoms with Crippen molar-refractivity contribution in [2.24, 2.45) is 0 Å². The van der Waals surface area contributed by atoms with Gasteiger partial charge in [-0.05, 0) is 29.7 Å². The third kappa shape index (κ3) is 2.32. The molecule has 0 heterocycles. The number of aromatic carboxylic acids is 1. The Labute approximate surface area is 104 Å². The van der Waals surface area contributed by atoms with Crippen molar-refractivity contribution in [1.82, 2.24) is 0 Å². The van der Waals surface area contributed by atoms with Crippen molar-refractivity contribution < 1.29 is 9.90 Å². The van der Waals surface area contributed by atoms with Crippen molar-refractivity contribution in [2.45, 2.75) is 6.92 Å². The number of carboxylic acids is 1. The van der Waals surface area contributed by atoms with Crippen LogP contribution in [-0.2, 0) is 0 Å². The van der Waals surface area contributed by atoms with Gasteiger partial charge in [0.25, 0.3) is 0 Å². The van der Waals surface area contributed by atoms with Crippen molar-refractivity contribution in [3.8, 4) is 11.1 Å². The van der Waals surface area contributed by atoms with Gasteiger partial charge in [0.15, 0.2) is 0 Å². The normalized spacial score (nSPS) is 10.2. The lowest BCUT2D eigenvalue weighted by molar-refractivity contribution is 0.0698. The average molecular weight is 247 g/mol. The minimum atomic E-state index is -1.01. The molecule has 0 saturated heterocycles. The van der Waals surface area contributed by atoms with Gasteiger partial charge in [0, 0.05) is 0 Å². The van der Waals surface area contributed by atoms with Crippen LogP contribution in [0.1, 0.15) is 15.9 Å². The zero-order valence-corrected chi connectivity index (χ0v) is 10.0. The van der Waals surface area contributed by atoms with E-state index in [0.717, 1.165) is 11.1 Å². The van der Waals surface area contributed by atoms with Gasteiger partial charge < -0.3 is 5.11 Å². The molecular weight excluding hydrogens is 236 g/mol. The molecule has 0 unspecified atom stereocenters. The highest BCUT2D eigenvalue weighted by Crippen LogP contribution is 2.30. The van der Waals surface area contributed by atoms with Gasteiger partial charge in [-0.3, -0.25) is 0 Å². The Morgan fingerprint density at radius 3 is 2.41 bits per heavy atom. The quantitative estimate of drug-likeness (QED) is 0.869. The number of halogens is 1. The van der Waals surface area contributed by atoms with Gasteiger partial charge in [0.1, 0.15) is 0 Å². The predicted molar refractivity (Wildman–Crippen MR) is 68.6 cm³/mol. The molecule has 0 atom stereocenters. The summed E-state index contributed by atoms with van der Waals surface area (Å²) in [5.41, 5.74) is 2.61. The Morgan fingerprint density at radius 2 is 1.82 bits per heavy atom. The number of rotatable bonds is 2. The van der Waals surface area contributed by atoms with Gasteiger partial charge in [-0.1, -0.05) is 48.0 Å². The summed E-state index contributed by atoms with van der Waals surface area (Å²) in [6.07, 6.45) is 0. The molecule has 0 bridgehead atoms. The molecule has 0 aliphatic heterocycles. The maximum absolute atomic E-state index is 11.2. The molecule has 0 amide bonds. The second kappa shape index (κ2) is 4.60. The lowest BCUT2D eigenvalue weighted by Crippen LogP contribution is -2.01. The van der Waals surface area contributed by atoms with E-state index in [1.165, 1.54) is 0 Å². The first-order valence-corrected chi connectivity index (χ1v) is 5.56. The van der Waals surface area contributed by atoms with Gasteiger partial charge in [-0.2, -0.15) is 0 Å². The van der Waals surface area contributed by atoms with E-state index in [1.54, 1.807) is 6.07 Å².